The van der Waals surface area contributed by atoms with Gasteiger partial charge in [0.1, 0.15) is 0 Å². The normalized spacial score (nSPS) is 18.1. The third-order valence-corrected chi connectivity index (χ3v) is 10.6. The van der Waals surface area contributed by atoms with Gasteiger partial charge in [-0.25, -0.2) is 4.98 Å². The number of aromatic nitrogens is 1. The van der Waals surface area contributed by atoms with Gasteiger partial charge in [-0.1, -0.05) is 139 Å². The van der Waals surface area contributed by atoms with Crippen molar-refractivity contribution >= 4 is 28.3 Å². The largest absolute Gasteiger partial charge is 0.305 e. The van der Waals surface area contributed by atoms with E-state index < -0.39 is 0 Å². The predicted octanol–water partition coefficient (Wildman–Crippen LogP) is 11.8. The van der Waals surface area contributed by atoms with Crippen LogP contribution in [-0.4, -0.2) is 16.4 Å². The van der Waals surface area contributed by atoms with E-state index in [4.69, 9.17) is 9.98 Å². The molecule has 0 saturated carbocycles. The van der Waals surface area contributed by atoms with Crippen molar-refractivity contribution in [1.29, 1.82) is 5.41 Å². The molecule has 1 atom stereocenters. The first-order valence-electron chi connectivity index (χ1n) is 17.8. The molecular weight excluding hydrogens is 607 g/mol. The second kappa shape index (κ2) is 13.7. The van der Waals surface area contributed by atoms with Crippen molar-refractivity contribution in [1.82, 2.24) is 4.98 Å². The molecule has 1 unspecified atom stereocenters. The van der Waals surface area contributed by atoms with Crippen LogP contribution >= 0.6 is 0 Å². The van der Waals surface area contributed by atoms with Gasteiger partial charge in [0.05, 0.1) is 22.8 Å². The molecule has 0 spiro atoms. The second-order valence-electron chi connectivity index (χ2n) is 13.6. The van der Waals surface area contributed by atoms with Gasteiger partial charge in [-0.15, -0.1) is 0 Å². The zero-order chi connectivity index (χ0) is 34.0. The van der Waals surface area contributed by atoms with Crippen molar-refractivity contribution in [2.45, 2.75) is 45.4 Å². The monoisotopic (exact) mass is 647 g/mol. The van der Waals surface area contributed by atoms with Gasteiger partial charge in [0, 0.05) is 29.2 Å². The van der Waals surface area contributed by atoms with E-state index in [2.05, 4.69) is 141 Å². The maximum Gasteiger partial charge on any atom is 0.0711 e. The average Bonchev–Trinajstić information content (AvgIpc) is 3.17. The minimum absolute atomic E-state index is 0.184. The van der Waals surface area contributed by atoms with Gasteiger partial charge in [0.15, 0.2) is 0 Å². The highest BCUT2D eigenvalue weighted by atomic mass is 14.8. The summed E-state index contributed by atoms with van der Waals surface area (Å²) >= 11 is 0. The first-order chi connectivity index (χ1) is 24.5. The molecule has 1 aromatic heterocycles. The fourth-order valence-electron chi connectivity index (χ4n) is 7.87. The van der Waals surface area contributed by atoms with E-state index in [0.717, 1.165) is 81.9 Å². The molecule has 1 heterocycles. The van der Waals surface area contributed by atoms with Crippen molar-refractivity contribution in [2.75, 3.05) is 0 Å². The molecule has 3 heteroatoms. The summed E-state index contributed by atoms with van der Waals surface area (Å²) in [6.45, 7) is 6.77. The van der Waals surface area contributed by atoms with E-state index in [9.17, 15) is 5.41 Å². The Kier molecular flexibility index (Phi) is 8.64. The number of aliphatic imine (C=N–C) groups is 1. The highest BCUT2D eigenvalue weighted by molar-refractivity contribution is 6.07. The number of aryl methyl sites for hydroxylation is 1. The number of rotatable bonds is 4. The van der Waals surface area contributed by atoms with Crippen LogP contribution in [0.2, 0.25) is 0 Å². The quantitative estimate of drug-likeness (QED) is 0.207. The number of allylic oxidation sites excluding steroid dienone is 6. The van der Waals surface area contributed by atoms with E-state index in [1.807, 2.05) is 6.07 Å². The van der Waals surface area contributed by atoms with Crippen molar-refractivity contribution < 1.29 is 0 Å². The number of fused-ring (bicyclic) bond motifs is 6. The summed E-state index contributed by atoms with van der Waals surface area (Å²) < 4.78 is 0. The molecule has 3 nitrogen and oxygen atoms in total. The Balaban J connectivity index is 1.30. The number of nitrogens with zero attached hydrogens (tertiary/aromatic N) is 2. The zero-order valence-electron chi connectivity index (χ0n) is 28.6. The maximum absolute atomic E-state index is 9.23. The minimum atomic E-state index is 0.184. The summed E-state index contributed by atoms with van der Waals surface area (Å²) in [5.41, 5.74) is 17.8. The Bertz CT molecular complexity index is 2250. The summed E-state index contributed by atoms with van der Waals surface area (Å²) in [4.78, 5) is 11.0. The number of hydrogen-bond donors (Lipinski definition) is 1. The van der Waals surface area contributed by atoms with Crippen LogP contribution < -0.4 is 0 Å². The predicted molar refractivity (Wildman–Crippen MR) is 209 cm³/mol. The van der Waals surface area contributed by atoms with Crippen LogP contribution in [0.4, 0.5) is 5.69 Å². The summed E-state index contributed by atoms with van der Waals surface area (Å²) in [6, 6.07) is 42.2. The van der Waals surface area contributed by atoms with Gasteiger partial charge in [-0.2, -0.15) is 0 Å². The molecule has 3 aliphatic carbocycles. The molecule has 4 aromatic carbocycles. The number of hydrogen-bond acceptors (Lipinski definition) is 3. The molecule has 5 aromatic rings. The van der Waals surface area contributed by atoms with E-state index in [1.54, 1.807) is 0 Å². The number of benzene rings is 4. The molecular formula is C47H41N3. The molecule has 0 fully saturated rings. The Labute approximate surface area is 295 Å². The Hall–Kier alpha value is -5.67. The van der Waals surface area contributed by atoms with Gasteiger partial charge in [0.25, 0.3) is 0 Å². The maximum atomic E-state index is 9.23. The van der Waals surface area contributed by atoms with Crippen LogP contribution in [0.1, 0.15) is 72.5 Å². The Morgan fingerprint density at radius 1 is 0.760 bits per heavy atom. The van der Waals surface area contributed by atoms with Gasteiger partial charge >= 0.3 is 0 Å². The van der Waals surface area contributed by atoms with Crippen LogP contribution in [0.15, 0.2) is 162 Å². The summed E-state index contributed by atoms with van der Waals surface area (Å²) in [6.07, 6.45) is 9.82. The fraction of sp³-hybridized carbons (Fsp3) is 0.170. The third kappa shape index (κ3) is 6.16. The van der Waals surface area contributed by atoms with E-state index in [-0.39, 0.29) is 5.92 Å². The van der Waals surface area contributed by atoms with Gasteiger partial charge in [-0.05, 0) is 90.6 Å². The zero-order valence-corrected chi connectivity index (χ0v) is 28.6. The second-order valence-corrected chi connectivity index (χ2v) is 13.6. The summed E-state index contributed by atoms with van der Waals surface area (Å²) in [5.74, 6) is 0.184. The van der Waals surface area contributed by atoms with Crippen LogP contribution in [-0.2, 0) is 6.42 Å². The van der Waals surface area contributed by atoms with Gasteiger partial charge in [0.2, 0.25) is 0 Å². The van der Waals surface area contributed by atoms with Crippen molar-refractivity contribution in [3.05, 3.63) is 190 Å². The number of pyridine rings is 1. The van der Waals surface area contributed by atoms with Crippen LogP contribution in [0.3, 0.4) is 0 Å². The van der Waals surface area contributed by atoms with Gasteiger partial charge in [-0.3, -0.25) is 4.99 Å². The molecule has 1 N–H and O–H groups in total. The Morgan fingerprint density at radius 3 is 2.32 bits per heavy atom. The molecule has 0 amide bonds. The lowest BCUT2D eigenvalue weighted by Crippen LogP contribution is -2.21. The van der Waals surface area contributed by atoms with Crippen LogP contribution in [0.5, 0.6) is 0 Å². The van der Waals surface area contributed by atoms with E-state index in [0.29, 0.717) is 18.6 Å². The average molecular weight is 648 g/mol. The van der Waals surface area contributed by atoms with Crippen molar-refractivity contribution in [2.24, 2.45) is 10.9 Å². The fourth-order valence-corrected chi connectivity index (χ4v) is 7.87. The number of nitrogens with one attached hydrogen (secondary N) is 1. The van der Waals surface area contributed by atoms with E-state index in [1.165, 1.54) is 27.9 Å². The minimum Gasteiger partial charge on any atom is -0.305 e. The Morgan fingerprint density at radius 2 is 1.48 bits per heavy atom. The summed E-state index contributed by atoms with van der Waals surface area (Å²) in [5, 5.41) is 9.23. The highest BCUT2D eigenvalue weighted by Gasteiger charge is 2.32. The topological polar surface area (TPSA) is 49.1 Å². The first kappa shape index (κ1) is 31.6. The van der Waals surface area contributed by atoms with Crippen LogP contribution in [0, 0.1) is 11.3 Å². The van der Waals surface area contributed by atoms with Crippen molar-refractivity contribution in [3.63, 3.8) is 0 Å². The molecule has 2 bridgehead atoms. The molecule has 8 rings (SSSR count). The molecule has 0 aliphatic heterocycles. The van der Waals surface area contributed by atoms with E-state index >= 15 is 0 Å². The van der Waals surface area contributed by atoms with Crippen LogP contribution in [0.25, 0.3) is 22.4 Å². The smallest absolute Gasteiger partial charge is 0.0711 e. The molecule has 3 aliphatic rings. The molecule has 50 heavy (non-hydrogen) atoms. The molecule has 244 valence electrons. The SMILES string of the molecule is C=C(c1ccccc1)c1ccccc1/N=C1\CC2=C(C)C=CCC2C2=C(CCC(=N)c3cccc1c3)CCc1ccc(-c3ccccc3)nc12. The molecule has 0 saturated heterocycles. The molecule has 0 radical (unpaired) electrons. The third-order valence-electron chi connectivity index (χ3n) is 10.6. The lowest BCUT2D eigenvalue weighted by molar-refractivity contribution is 0.717. The lowest BCUT2D eigenvalue weighted by Gasteiger charge is -2.33. The lowest BCUT2D eigenvalue weighted by atomic mass is 9.72. The van der Waals surface area contributed by atoms with Crippen molar-refractivity contribution in [3.8, 4) is 11.3 Å². The first-order valence-corrected chi connectivity index (χ1v) is 17.8. The standard InChI is InChI=1S/C47H41N3/c1-31-13-11-21-40-41(31)30-45(49-44-22-10-9-20-39(44)32(2)33-14-5-3-6-15-33)38-19-12-18-37(29-38)42(48)27-25-35-23-24-36-26-28-43(50-47(36)46(35)40)34-16-7-4-8-17-34/h3-20,22,26,28-29,40,48H,2,21,23-25,27,30H2,1H3/b48-42?,49-45+. The number of para-hydroxylation sites is 1. The van der Waals surface area contributed by atoms with Gasteiger partial charge < -0.3 is 5.41 Å². The highest BCUT2D eigenvalue weighted by Crippen LogP contribution is 2.46. The summed E-state index contributed by atoms with van der Waals surface area (Å²) in [7, 11) is 0.